The smallest absolute Gasteiger partial charge is 0.346 e. The molecule has 105 heavy (non-hydrogen) atoms. The Morgan fingerprint density at radius 2 is 0.857 bits per heavy atom. The van der Waals surface area contributed by atoms with E-state index >= 15 is 0 Å². The molecule has 5 aromatic carbocycles. The van der Waals surface area contributed by atoms with Gasteiger partial charge in [0.05, 0.1) is 89.0 Å². The van der Waals surface area contributed by atoms with Crippen LogP contribution in [0.15, 0.2) is 72.8 Å². The number of carbonyl (C=O) groups is 12. The second-order valence-electron chi connectivity index (χ2n) is 21.2. The molecule has 0 aliphatic carbocycles. The van der Waals surface area contributed by atoms with Gasteiger partial charge in [0, 0.05) is 62.0 Å². The van der Waals surface area contributed by atoms with Crippen molar-refractivity contribution in [2.45, 2.75) is 73.1 Å². The van der Waals surface area contributed by atoms with Crippen molar-refractivity contribution >= 4 is 123 Å². The summed E-state index contributed by atoms with van der Waals surface area (Å²) >= 11 is 23.5. The van der Waals surface area contributed by atoms with Crippen molar-refractivity contribution in [1.82, 2.24) is 35.9 Å². The second kappa shape index (κ2) is 44.6. The summed E-state index contributed by atoms with van der Waals surface area (Å²) in [6.45, 7) is 7.99. The zero-order chi connectivity index (χ0) is 79.9. The zero-order valence-electron chi connectivity index (χ0n) is 58.8. The van der Waals surface area contributed by atoms with Crippen LogP contribution in [0.25, 0.3) is 0 Å². The summed E-state index contributed by atoms with van der Waals surface area (Å²) in [7, 11) is 12.5. The lowest BCUT2D eigenvalue weighted by molar-refractivity contribution is -0.385. The van der Waals surface area contributed by atoms with Gasteiger partial charge in [-0.25, -0.2) is 18.4 Å². The quantitative estimate of drug-likeness (QED) is 0.0344. The molecule has 39 heteroatoms. The molecule has 10 amide bonds. The molecule has 5 aliphatic rings. The van der Waals surface area contributed by atoms with E-state index in [1.165, 1.54) is 47.2 Å². The maximum atomic E-state index is 12.8. The molecular formula is C66H74Cl4F4N8O23. The number of aryl methyl sites for hydroxylation is 1. The molecule has 4 fully saturated rings. The van der Waals surface area contributed by atoms with Crippen LogP contribution in [-0.4, -0.2) is 178 Å². The summed E-state index contributed by atoms with van der Waals surface area (Å²) in [5.74, 6) is -11.0. The number of fused-ring (bicyclic) bond motifs is 1. The van der Waals surface area contributed by atoms with Gasteiger partial charge in [-0.1, -0.05) is 102 Å². The Kier molecular flexibility index (Phi) is 38.7. The molecular weight excluding hydrogens is 1490 g/mol. The van der Waals surface area contributed by atoms with E-state index in [4.69, 9.17) is 60.6 Å². The highest BCUT2D eigenvalue weighted by Crippen LogP contribution is 2.45. The number of para-hydroxylation sites is 2. The van der Waals surface area contributed by atoms with E-state index in [0.29, 0.717) is 42.6 Å². The number of nitro benzene ring substituents is 1. The topological polar surface area (TPSA) is 371 Å². The van der Waals surface area contributed by atoms with Gasteiger partial charge in [0.15, 0.2) is 28.9 Å². The second-order valence-corrected chi connectivity index (χ2v) is 22.7. The standard InChI is InChI=1S/C9H7NO3.C8H6Cl4O.C8H6F4O.C8H12N2O4.C8H10O.C7H10N2O4.C7H7NO3.C6H9NO3.C5H7NO3/c1-13-10-8(11)6-4-2-3-5-7(6)9(10)12;2*1-3-4(9)6(11)8(13-2)7(12)5(3)10;1-5-3-6(11)10(8(5)13)14-7(12)4-9-2;1-7-3-5-8(9-2)6-4-7;1-8-4-7(12)13-9-5(10)2-3-6(9)11;1-11-7-5-3-2-4-6(7)8(9)10;1-4-3-5(8)7(10-2)6(4)9;1-9-6-4(7)2-3-5(6)8/h2-5H,1H3;2*1-2H3;5,9H,3-4H2,1-2H3;3-6H,1-2H3;8H,2-4H2,1H3;2-5H,1H3;4H,3H2,1-2H3;2-3H2,1H3. The highest BCUT2D eigenvalue weighted by molar-refractivity contribution is 6.49. The van der Waals surface area contributed by atoms with Crippen molar-refractivity contribution in [3.05, 3.63) is 154 Å². The fourth-order valence-corrected chi connectivity index (χ4v) is 9.45. The number of ether oxygens (including phenoxy) is 4. The maximum Gasteiger partial charge on any atom is 0.346 e. The van der Waals surface area contributed by atoms with Crippen LogP contribution < -0.4 is 29.6 Å². The van der Waals surface area contributed by atoms with E-state index in [0.717, 1.165) is 35.0 Å². The summed E-state index contributed by atoms with van der Waals surface area (Å²) in [5.41, 5.74) is 2.00. The minimum Gasteiger partial charge on any atom is -0.497 e. The average molecular weight is 1570 g/mol. The van der Waals surface area contributed by atoms with Gasteiger partial charge in [-0.2, -0.15) is 18.9 Å². The molecule has 2 N–H and O–H groups in total. The van der Waals surface area contributed by atoms with Crippen LogP contribution in [0.5, 0.6) is 23.0 Å². The normalized spacial score (nSPS) is 15.2. The molecule has 2 atom stereocenters. The molecule has 0 radical (unpaired) electrons. The Balaban J connectivity index is 0.000000403. The minimum absolute atomic E-state index is 0.00463. The number of hydroxylamine groups is 10. The van der Waals surface area contributed by atoms with E-state index in [1.54, 1.807) is 84.4 Å². The van der Waals surface area contributed by atoms with Crippen LogP contribution in [0.2, 0.25) is 20.1 Å². The lowest BCUT2D eigenvalue weighted by Gasteiger charge is -2.12. The Morgan fingerprint density at radius 1 is 0.476 bits per heavy atom. The molecule has 0 spiro atoms. The first-order chi connectivity index (χ1) is 49.5. The largest absolute Gasteiger partial charge is 0.497 e. The van der Waals surface area contributed by atoms with E-state index in [9.17, 15) is 85.2 Å². The van der Waals surface area contributed by atoms with E-state index < -0.39 is 92.8 Å². The third-order valence-electron chi connectivity index (χ3n) is 13.8. The van der Waals surface area contributed by atoms with Gasteiger partial charge in [0.25, 0.3) is 59.1 Å². The van der Waals surface area contributed by atoms with Gasteiger partial charge >= 0.3 is 17.6 Å². The summed E-state index contributed by atoms with van der Waals surface area (Å²) in [6, 6.07) is 20.8. The molecule has 0 bridgehead atoms. The summed E-state index contributed by atoms with van der Waals surface area (Å²) in [5, 5.41) is 20.2. The Morgan fingerprint density at radius 3 is 1.18 bits per heavy atom. The Labute approximate surface area is 618 Å². The van der Waals surface area contributed by atoms with Crippen LogP contribution in [0.1, 0.15) is 89.8 Å². The highest BCUT2D eigenvalue weighted by atomic mass is 35.5. The third-order valence-corrected chi connectivity index (χ3v) is 15.7. The number of nitro groups is 1. The van der Waals surface area contributed by atoms with Crippen molar-refractivity contribution in [1.29, 1.82) is 0 Å². The number of benzene rings is 5. The summed E-state index contributed by atoms with van der Waals surface area (Å²) < 4.78 is 70.0. The fraction of sp³-hybridized carbons (Fsp3) is 0.364. The van der Waals surface area contributed by atoms with Gasteiger partial charge in [0.2, 0.25) is 11.6 Å². The van der Waals surface area contributed by atoms with Gasteiger partial charge in [0.1, 0.15) is 15.8 Å². The molecule has 0 saturated carbocycles. The first-order valence-corrected chi connectivity index (χ1v) is 31.9. The third kappa shape index (κ3) is 25.7. The molecule has 31 nitrogen and oxygen atoms in total. The lowest BCUT2D eigenvalue weighted by Crippen LogP contribution is -2.36. The highest BCUT2D eigenvalue weighted by Gasteiger charge is 2.40. The molecule has 572 valence electrons. The number of amides is 10. The van der Waals surface area contributed by atoms with E-state index in [-0.39, 0.29) is 103 Å². The van der Waals surface area contributed by atoms with Gasteiger partial charge in [-0.3, -0.25) is 72.6 Å². The SMILES string of the molecule is CNCC(=O)ON1C(=O)CC(C)C1=O.CNCC(=O)ON1C(=O)CCC1=O.CON1C(=O)CC(C)C1=O.CON1C(=O)CCC1=O.CON1C(=O)c2ccccc2C1=O.COc1c(Cl)c(Cl)c(C)c(Cl)c1Cl.COc1c(F)c(F)c(C)c(F)c1F.COc1ccc(C)cc1.COc1ccccc1[N+](=O)[O-]. The average Bonchev–Trinajstić information content (AvgIpc) is 1.56. The number of carbonyl (C=O) groups excluding carboxylic acids is 12. The molecule has 2 unspecified atom stereocenters. The van der Waals surface area contributed by atoms with Crippen molar-refractivity contribution in [3.63, 3.8) is 0 Å². The number of methoxy groups -OCH3 is 4. The van der Waals surface area contributed by atoms with Crippen molar-refractivity contribution in [3.8, 4) is 23.0 Å². The molecule has 5 heterocycles. The molecule has 10 rings (SSSR count). The lowest BCUT2D eigenvalue weighted by atomic mass is 10.1. The van der Waals surface area contributed by atoms with Crippen LogP contribution in [-0.2, 0) is 72.1 Å². The van der Waals surface area contributed by atoms with Crippen molar-refractivity contribution < 1.29 is 123 Å². The predicted molar refractivity (Wildman–Crippen MR) is 364 cm³/mol. The summed E-state index contributed by atoms with van der Waals surface area (Å²) in [4.78, 5) is 164. The van der Waals surface area contributed by atoms with E-state index in [2.05, 4.69) is 46.5 Å². The molecule has 5 aliphatic heterocycles. The first-order valence-electron chi connectivity index (χ1n) is 30.3. The molecule has 0 aromatic heterocycles. The van der Waals surface area contributed by atoms with E-state index in [1.807, 2.05) is 24.3 Å². The Hall–Kier alpha value is -9.98. The van der Waals surface area contributed by atoms with Crippen LogP contribution >= 0.6 is 46.4 Å². The number of hydrogen-bond acceptors (Lipinski definition) is 25. The fourth-order valence-electron chi connectivity index (χ4n) is 8.36. The number of likely N-dealkylation sites (N-methyl/N-ethyl adjacent to an activating group) is 2. The van der Waals surface area contributed by atoms with Crippen LogP contribution in [0.3, 0.4) is 0 Å². The Bertz CT molecular complexity index is 3800. The predicted octanol–water partition coefficient (Wildman–Crippen LogP) is 9.14. The van der Waals surface area contributed by atoms with Gasteiger partial charge in [-0.15, -0.1) is 15.2 Å². The number of rotatable bonds is 14. The molecule has 4 saturated heterocycles. The number of imide groups is 5. The summed E-state index contributed by atoms with van der Waals surface area (Å²) in [6.07, 6.45) is 1.18. The van der Waals surface area contributed by atoms with Crippen molar-refractivity contribution in [2.24, 2.45) is 11.8 Å². The minimum atomic E-state index is -1.51. The van der Waals surface area contributed by atoms with Crippen molar-refractivity contribution in [2.75, 3.05) is 77.0 Å². The van der Waals surface area contributed by atoms with Crippen LogP contribution in [0, 0.1) is 66.0 Å². The monoisotopic (exact) mass is 1560 g/mol. The molecule has 5 aromatic rings. The first kappa shape index (κ1) is 91.1. The number of nitrogens with zero attached hydrogens (tertiary/aromatic N) is 6. The number of hydrogen-bond donors (Lipinski definition) is 2. The number of halogens is 8. The van der Waals surface area contributed by atoms with Gasteiger partial charge in [-0.05, 0) is 70.8 Å². The van der Waals surface area contributed by atoms with Gasteiger partial charge < -0.3 is 39.3 Å². The zero-order valence-corrected chi connectivity index (χ0v) is 61.9. The van der Waals surface area contributed by atoms with Crippen LogP contribution in [0.4, 0.5) is 23.2 Å². The maximum absolute atomic E-state index is 12.8. The number of nitrogens with one attached hydrogen (secondary N) is 2.